The van der Waals surface area contributed by atoms with Gasteiger partial charge in [-0.2, -0.15) is 0 Å². The first-order valence-corrected chi connectivity index (χ1v) is 5.60. The second-order valence-corrected chi connectivity index (χ2v) is 4.85. The number of aliphatic imine (C=N–C) groups is 1. The van der Waals surface area contributed by atoms with Gasteiger partial charge in [0.05, 0.1) is 6.04 Å². The molecule has 0 radical (unpaired) electrons. The van der Waals surface area contributed by atoms with Gasteiger partial charge in [0.15, 0.2) is 0 Å². The Balaban J connectivity index is 2.16. The van der Waals surface area contributed by atoms with E-state index in [1.807, 2.05) is 0 Å². The van der Waals surface area contributed by atoms with Crippen LogP contribution in [0.25, 0.3) is 0 Å². The van der Waals surface area contributed by atoms with E-state index >= 15 is 0 Å². The third-order valence-electron chi connectivity index (χ3n) is 3.94. The molecule has 2 aliphatic rings. The molecule has 2 heterocycles. The highest BCUT2D eigenvalue weighted by Crippen LogP contribution is 2.34. The summed E-state index contributed by atoms with van der Waals surface area (Å²) in [4.78, 5) is 4.45. The van der Waals surface area contributed by atoms with Crippen molar-refractivity contribution in [3.05, 3.63) is 11.8 Å². The van der Waals surface area contributed by atoms with Crippen molar-refractivity contribution < 1.29 is 0 Å². The van der Waals surface area contributed by atoms with Gasteiger partial charge in [-0.1, -0.05) is 20.8 Å². The lowest BCUT2D eigenvalue weighted by atomic mass is 9.75. The van der Waals surface area contributed by atoms with E-state index in [0.29, 0.717) is 29.8 Å². The van der Waals surface area contributed by atoms with Gasteiger partial charge in [0.2, 0.25) is 0 Å². The van der Waals surface area contributed by atoms with E-state index in [0.717, 1.165) is 0 Å². The van der Waals surface area contributed by atoms with Gasteiger partial charge in [-0.05, 0) is 30.5 Å². The molecule has 5 atom stereocenters. The Morgan fingerprint density at radius 3 is 2.43 bits per heavy atom. The summed E-state index contributed by atoms with van der Waals surface area (Å²) in [7, 11) is 0. The molecule has 2 aliphatic heterocycles. The summed E-state index contributed by atoms with van der Waals surface area (Å²) in [6, 6.07) is 1.04. The maximum atomic E-state index is 4.45. The van der Waals surface area contributed by atoms with Crippen LogP contribution in [0, 0.1) is 17.8 Å². The maximum absolute atomic E-state index is 4.45. The highest BCUT2D eigenvalue weighted by molar-refractivity contribution is 5.69. The highest BCUT2D eigenvalue weighted by Gasteiger charge is 2.34. The Bertz CT molecular complexity index is 280. The van der Waals surface area contributed by atoms with Crippen LogP contribution in [-0.2, 0) is 0 Å². The maximum Gasteiger partial charge on any atom is 0.0799 e. The van der Waals surface area contributed by atoms with E-state index in [1.165, 1.54) is 5.57 Å². The van der Waals surface area contributed by atoms with Crippen molar-refractivity contribution in [2.75, 3.05) is 0 Å². The summed E-state index contributed by atoms with van der Waals surface area (Å²) in [6.45, 7) is 9.15. The molecule has 1 N–H and O–H groups in total. The number of rotatable bonds is 1. The molecular weight excluding hydrogens is 172 g/mol. The van der Waals surface area contributed by atoms with E-state index in [4.69, 9.17) is 0 Å². The second kappa shape index (κ2) is 3.41. The fourth-order valence-electron chi connectivity index (χ4n) is 2.34. The van der Waals surface area contributed by atoms with Crippen LogP contribution in [-0.4, -0.2) is 18.3 Å². The van der Waals surface area contributed by atoms with Crippen LogP contribution in [0.5, 0.6) is 0 Å². The van der Waals surface area contributed by atoms with E-state index in [2.05, 4.69) is 50.4 Å². The van der Waals surface area contributed by atoms with Crippen LogP contribution in [0.2, 0.25) is 0 Å². The van der Waals surface area contributed by atoms with Gasteiger partial charge in [0.1, 0.15) is 0 Å². The average Bonchev–Trinajstić information content (AvgIpc) is 2.16. The molecule has 0 spiro atoms. The van der Waals surface area contributed by atoms with Crippen molar-refractivity contribution in [1.29, 1.82) is 0 Å². The van der Waals surface area contributed by atoms with Crippen molar-refractivity contribution in [2.45, 2.75) is 39.8 Å². The van der Waals surface area contributed by atoms with E-state index in [-0.39, 0.29) is 0 Å². The molecule has 0 fully saturated rings. The molecular formula is C12H20N2. The lowest BCUT2D eigenvalue weighted by Gasteiger charge is -2.39. The molecule has 78 valence electrons. The van der Waals surface area contributed by atoms with E-state index in [1.54, 1.807) is 0 Å². The standard InChI is InChI=1S/C12H20N2/c1-7-5-14-12(7)11-6-13-10(4)8(2)9(11)3/h5-10,12-13H,1-4H3/t7?,8-,9-,10-,12+/m1/s1. The predicted molar refractivity (Wildman–Crippen MR) is 60.5 cm³/mol. The summed E-state index contributed by atoms with van der Waals surface area (Å²) in [6.07, 6.45) is 4.26. The predicted octanol–water partition coefficient (Wildman–Crippen LogP) is 2.22. The molecule has 0 bridgehead atoms. The first-order valence-electron chi connectivity index (χ1n) is 5.60. The Hall–Kier alpha value is -0.790. The van der Waals surface area contributed by atoms with Crippen LogP contribution in [0.1, 0.15) is 27.7 Å². The zero-order valence-electron chi connectivity index (χ0n) is 9.49. The number of hydrogen-bond acceptors (Lipinski definition) is 2. The van der Waals surface area contributed by atoms with Gasteiger partial charge in [0.25, 0.3) is 0 Å². The summed E-state index contributed by atoms with van der Waals surface area (Å²) in [5.41, 5.74) is 1.49. The minimum absolute atomic E-state index is 0.451. The molecule has 2 heteroatoms. The smallest absolute Gasteiger partial charge is 0.0799 e. The zero-order chi connectivity index (χ0) is 10.3. The Labute approximate surface area is 86.5 Å². The quantitative estimate of drug-likeness (QED) is 0.677. The van der Waals surface area contributed by atoms with Crippen molar-refractivity contribution in [3.8, 4) is 0 Å². The second-order valence-electron chi connectivity index (χ2n) is 4.85. The molecule has 0 aromatic rings. The minimum Gasteiger partial charge on any atom is -0.388 e. The van der Waals surface area contributed by atoms with Gasteiger partial charge in [-0.3, -0.25) is 4.99 Å². The lowest BCUT2D eigenvalue weighted by Crippen LogP contribution is -2.42. The highest BCUT2D eigenvalue weighted by atomic mass is 14.9. The third kappa shape index (κ3) is 1.37. The van der Waals surface area contributed by atoms with Gasteiger partial charge >= 0.3 is 0 Å². The normalized spacial score (nSPS) is 46.6. The molecule has 0 saturated carbocycles. The monoisotopic (exact) mass is 192 g/mol. The van der Waals surface area contributed by atoms with Crippen LogP contribution in [0.4, 0.5) is 0 Å². The van der Waals surface area contributed by atoms with Crippen LogP contribution >= 0.6 is 0 Å². The van der Waals surface area contributed by atoms with E-state index in [9.17, 15) is 0 Å². The zero-order valence-corrected chi connectivity index (χ0v) is 9.49. The molecule has 0 aromatic heterocycles. The van der Waals surface area contributed by atoms with Crippen LogP contribution in [0.3, 0.4) is 0 Å². The molecule has 1 unspecified atom stereocenters. The molecule has 0 saturated heterocycles. The molecule has 0 aliphatic carbocycles. The first-order chi connectivity index (χ1) is 6.61. The fourth-order valence-corrected chi connectivity index (χ4v) is 2.34. The number of hydrogen-bond donors (Lipinski definition) is 1. The van der Waals surface area contributed by atoms with Crippen LogP contribution in [0.15, 0.2) is 16.8 Å². The molecule has 0 amide bonds. The summed E-state index contributed by atoms with van der Waals surface area (Å²) < 4.78 is 0. The molecule has 2 rings (SSSR count). The van der Waals surface area contributed by atoms with Crippen molar-refractivity contribution in [2.24, 2.45) is 22.7 Å². The van der Waals surface area contributed by atoms with Crippen molar-refractivity contribution in [3.63, 3.8) is 0 Å². The van der Waals surface area contributed by atoms with Gasteiger partial charge < -0.3 is 5.32 Å². The van der Waals surface area contributed by atoms with Crippen LogP contribution < -0.4 is 5.32 Å². The first kappa shape index (κ1) is 9.75. The Kier molecular flexibility index (Phi) is 2.38. The lowest BCUT2D eigenvalue weighted by molar-refractivity contribution is 0.306. The van der Waals surface area contributed by atoms with Gasteiger partial charge in [-0.25, -0.2) is 0 Å². The fraction of sp³-hybridized carbons (Fsp3) is 0.750. The summed E-state index contributed by atoms with van der Waals surface area (Å²) >= 11 is 0. The van der Waals surface area contributed by atoms with Gasteiger partial charge in [0, 0.05) is 18.2 Å². The van der Waals surface area contributed by atoms with E-state index < -0.39 is 0 Å². The van der Waals surface area contributed by atoms with Crippen molar-refractivity contribution in [1.82, 2.24) is 5.32 Å². The summed E-state index contributed by atoms with van der Waals surface area (Å²) in [5, 5.41) is 3.45. The largest absolute Gasteiger partial charge is 0.388 e. The van der Waals surface area contributed by atoms with Gasteiger partial charge in [-0.15, -0.1) is 0 Å². The molecule has 2 nitrogen and oxygen atoms in total. The number of nitrogens with one attached hydrogen (secondary N) is 1. The SMILES string of the molecule is CC1C=N[C@@H]1C1=CN[C@H](C)[C@H](C)[C@H]1C. The Morgan fingerprint density at radius 1 is 1.21 bits per heavy atom. The molecule has 14 heavy (non-hydrogen) atoms. The molecule has 0 aromatic carbocycles. The van der Waals surface area contributed by atoms with Crippen molar-refractivity contribution >= 4 is 6.21 Å². The average molecular weight is 192 g/mol. The minimum atomic E-state index is 0.451. The summed E-state index contributed by atoms with van der Waals surface area (Å²) in [5.74, 6) is 2.00. The third-order valence-corrected chi connectivity index (χ3v) is 3.94. The Morgan fingerprint density at radius 2 is 1.93 bits per heavy atom. The topological polar surface area (TPSA) is 24.4 Å². The number of nitrogens with zero attached hydrogens (tertiary/aromatic N) is 1.